The van der Waals surface area contributed by atoms with Gasteiger partial charge in [0.25, 0.3) is 5.69 Å². The lowest BCUT2D eigenvalue weighted by molar-refractivity contribution is -0.385. The summed E-state index contributed by atoms with van der Waals surface area (Å²) < 4.78 is 17.8. The molecule has 1 aliphatic heterocycles. The van der Waals surface area contributed by atoms with E-state index in [4.69, 9.17) is 25.8 Å². The zero-order chi connectivity index (χ0) is 38.7. The van der Waals surface area contributed by atoms with Gasteiger partial charge in [-0.2, -0.15) is 0 Å². The van der Waals surface area contributed by atoms with Crippen LogP contribution in [-0.2, 0) is 24.4 Å². The van der Waals surface area contributed by atoms with Crippen molar-refractivity contribution in [1.82, 2.24) is 14.8 Å². The van der Waals surface area contributed by atoms with Crippen molar-refractivity contribution in [3.8, 4) is 23.1 Å². The average Bonchev–Trinajstić information content (AvgIpc) is 3.19. The Hall–Kier alpha value is -5.71. The molecule has 0 N–H and O–H groups in total. The number of nitro benzene ring substituents is 1. The second-order valence-electron chi connectivity index (χ2n) is 13.8. The minimum atomic E-state index is -0.433. The standard InChI is InChI=1S/C44H45ClN4O6/c1-31(2)35-12-14-38(15-13-35)53-25-19-33-8-10-34(11-9-33)29-47-20-22-48(23-21-47)41(18-24-50)37-26-32(3)44(40(45)27-37)55-43-17-16-39(28-46-43)54-30-36-6-4-5-7-42(36)49(51)52/h4-18,24,26-28,31H,19-23,25,29-30H2,1-3H3/b41-18+. The average molecular weight is 761 g/mol. The van der Waals surface area contributed by atoms with E-state index in [-0.39, 0.29) is 12.3 Å². The molecule has 11 heteroatoms. The van der Waals surface area contributed by atoms with Crippen LogP contribution in [0.4, 0.5) is 5.69 Å². The number of aryl methyl sites for hydroxylation is 1. The molecule has 0 radical (unpaired) electrons. The molecular weight excluding hydrogens is 716 g/mol. The number of aromatic nitrogens is 1. The summed E-state index contributed by atoms with van der Waals surface area (Å²) in [4.78, 5) is 31.6. The van der Waals surface area contributed by atoms with E-state index in [1.807, 2.05) is 31.2 Å². The van der Waals surface area contributed by atoms with Crippen LogP contribution in [0.3, 0.4) is 0 Å². The van der Waals surface area contributed by atoms with Crippen molar-refractivity contribution in [2.24, 2.45) is 0 Å². The first kappa shape index (κ1) is 39.0. The van der Waals surface area contributed by atoms with Crippen LogP contribution in [-0.4, -0.2) is 58.8 Å². The highest BCUT2D eigenvalue weighted by Crippen LogP contribution is 2.36. The number of halogens is 1. The number of para-hydroxylation sites is 1. The monoisotopic (exact) mass is 760 g/mol. The quantitative estimate of drug-likeness (QED) is 0.0421. The summed E-state index contributed by atoms with van der Waals surface area (Å²) in [6.45, 7) is 11.0. The minimum Gasteiger partial charge on any atom is -0.493 e. The zero-order valence-corrected chi connectivity index (χ0v) is 32.1. The second-order valence-corrected chi connectivity index (χ2v) is 14.2. The number of pyridine rings is 1. The highest BCUT2D eigenvalue weighted by atomic mass is 35.5. The summed E-state index contributed by atoms with van der Waals surface area (Å²) in [6.07, 6.45) is 4.75. The summed E-state index contributed by atoms with van der Waals surface area (Å²) in [7, 11) is 0. The number of ether oxygens (including phenoxy) is 3. The highest BCUT2D eigenvalue weighted by Gasteiger charge is 2.22. The lowest BCUT2D eigenvalue weighted by Gasteiger charge is -2.37. The number of benzene rings is 4. The van der Waals surface area contributed by atoms with E-state index >= 15 is 0 Å². The second kappa shape index (κ2) is 18.6. The number of piperazine rings is 1. The normalized spacial score (nSPS) is 13.5. The summed E-state index contributed by atoms with van der Waals surface area (Å²) >= 11 is 6.77. The number of nitrogens with zero attached hydrogens (tertiary/aromatic N) is 4. The van der Waals surface area contributed by atoms with Gasteiger partial charge < -0.3 is 19.1 Å². The molecule has 0 aliphatic carbocycles. The molecule has 0 saturated carbocycles. The van der Waals surface area contributed by atoms with Crippen LogP contribution in [0.25, 0.3) is 5.70 Å². The van der Waals surface area contributed by atoms with Crippen molar-refractivity contribution in [2.45, 2.75) is 46.3 Å². The summed E-state index contributed by atoms with van der Waals surface area (Å²) in [5.74, 6) is 2.61. The number of hydrogen-bond acceptors (Lipinski definition) is 9. The third kappa shape index (κ3) is 10.5. The molecule has 4 aromatic carbocycles. The first-order chi connectivity index (χ1) is 26.7. The van der Waals surface area contributed by atoms with E-state index in [9.17, 15) is 14.9 Å². The van der Waals surface area contributed by atoms with Gasteiger partial charge in [0.05, 0.1) is 28.3 Å². The number of carbonyl (C=O) groups excluding carboxylic acids is 1. The topological polar surface area (TPSA) is 107 Å². The van der Waals surface area contributed by atoms with Gasteiger partial charge in [-0.25, -0.2) is 4.98 Å². The van der Waals surface area contributed by atoms with Crippen LogP contribution in [0.1, 0.15) is 53.1 Å². The molecule has 1 fully saturated rings. The Bertz CT molecular complexity index is 2070. The van der Waals surface area contributed by atoms with Crippen molar-refractivity contribution in [1.29, 1.82) is 0 Å². The smallest absolute Gasteiger partial charge is 0.276 e. The number of aldehydes is 1. The Morgan fingerprint density at radius 1 is 0.909 bits per heavy atom. The molecule has 55 heavy (non-hydrogen) atoms. The van der Waals surface area contributed by atoms with Gasteiger partial charge in [-0.3, -0.25) is 19.8 Å². The molecule has 1 aromatic heterocycles. The summed E-state index contributed by atoms with van der Waals surface area (Å²) in [5.41, 5.74) is 6.70. The number of nitro groups is 1. The van der Waals surface area contributed by atoms with Crippen LogP contribution in [0.2, 0.25) is 5.02 Å². The molecule has 0 atom stereocenters. The predicted molar refractivity (Wildman–Crippen MR) is 215 cm³/mol. The molecule has 6 rings (SSSR count). The maximum Gasteiger partial charge on any atom is 0.276 e. The molecular formula is C44H45ClN4O6. The van der Waals surface area contributed by atoms with Gasteiger partial charge >= 0.3 is 0 Å². The molecule has 5 aromatic rings. The van der Waals surface area contributed by atoms with Crippen LogP contribution in [0.15, 0.2) is 109 Å². The van der Waals surface area contributed by atoms with Gasteiger partial charge in [-0.15, -0.1) is 0 Å². The largest absolute Gasteiger partial charge is 0.493 e. The fourth-order valence-corrected chi connectivity index (χ4v) is 6.80. The molecule has 0 unspecified atom stereocenters. The minimum absolute atomic E-state index is 0.00307. The summed E-state index contributed by atoms with van der Waals surface area (Å²) in [6, 6.07) is 30.7. The number of rotatable bonds is 16. The van der Waals surface area contributed by atoms with Crippen molar-refractivity contribution in [3.05, 3.63) is 158 Å². The van der Waals surface area contributed by atoms with Crippen molar-refractivity contribution >= 4 is 29.3 Å². The Labute approximate surface area is 327 Å². The summed E-state index contributed by atoms with van der Waals surface area (Å²) in [5, 5.41) is 11.7. The molecule has 0 spiro atoms. The van der Waals surface area contributed by atoms with E-state index in [0.717, 1.165) is 68.0 Å². The van der Waals surface area contributed by atoms with E-state index < -0.39 is 4.92 Å². The Morgan fingerprint density at radius 2 is 1.62 bits per heavy atom. The Balaban J connectivity index is 0.994. The predicted octanol–water partition coefficient (Wildman–Crippen LogP) is 9.43. The van der Waals surface area contributed by atoms with E-state index in [0.29, 0.717) is 40.5 Å². The molecule has 1 aliphatic rings. The van der Waals surface area contributed by atoms with Crippen molar-refractivity contribution in [3.63, 3.8) is 0 Å². The first-order valence-corrected chi connectivity index (χ1v) is 18.8. The third-order valence-corrected chi connectivity index (χ3v) is 9.88. The maximum atomic E-state index is 11.8. The van der Waals surface area contributed by atoms with Gasteiger partial charge in [0.2, 0.25) is 5.88 Å². The van der Waals surface area contributed by atoms with Gasteiger partial charge in [0, 0.05) is 63.1 Å². The number of carbonyl (C=O) groups is 1. The highest BCUT2D eigenvalue weighted by molar-refractivity contribution is 6.32. The lowest BCUT2D eigenvalue weighted by Crippen LogP contribution is -2.45. The van der Waals surface area contributed by atoms with Gasteiger partial charge in [0.1, 0.15) is 24.4 Å². The van der Waals surface area contributed by atoms with Gasteiger partial charge in [0.15, 0.2) is 5.75 Å². The maximum absolute atomic E-state index is 11.8. The van der Waals surface area contributed by atoms with Gasteiger partial charge in [-0.05, 0) is 77.1 Å². The first-order valence-electron chi connectivity index (χ1n) is 18.4. The van der Waals surface area contributed by atoms with Crippen LogP contribution in [0.5, 0.6) is 23.1 Å². The fourth-order valence-electron chi connectivity index (χ4n) is 6.50. The Morgan fingerprint density at radius 3 is 2.27 bits per heavy atom. The van der Waals surface area contributed by atoms with Crippen LogP contribution in [0, 0.1) is 17.0 Å². The number of allylic oxidation sites excluding steroid dienone is 1. The van der Waals surface area contributed by atoms with E-state index in [1.54, 1.807) is 36.4 Å². The molecule has 284 valence electrons. The fraction of sp³-hybridized carbons (Fsp3) is 0.273. The molecule has 2 heterocycles. The van der Waals surface area contributed by atoms with E-state index in [1.165, 1.54) is 29.0 Å². The third-order valence-electron chi connectivity index (χ3n) is 9.60. The Kier molecular flexibility index (Phi) is 13.2. The SMILES string of the molecule is Cc1cc(/C(=C\C=O)N2CCN(Cc3ccc(CCOc4ccc(C(C)C)cc4)cc3)CC2)cc(Cl)c1Oc1ccc(OCc2ccccc2[N+](=O)[O-])cn1. The van der Waals surface area contributed by atoms with Crippen molar-refractivity contribution in [2.75, 3.05) is 32.8 Å². The molecule has 10 nitrogen and oxygen atoms in total. The number of hydrogen-bond donors (Lipinski definition) is 0. The molecule has 1 saturated heterocycles. The molecule has 0 amide bonds. The van der Waals surface area contributed by atoms with Crippen LogP contribution >= 0.6 is 11.6 Å². The van der Waals surface area contributed by atoms with Gasteiger partial charge in [-0.1, -0.05) is 74.0 Å². The van der Waals surface area contributed by atoms with E-state index in [2.05, 4.69) is 65.0 Å². The lowest BCUT2D eigenvalue weighted by atomic mass is 10.0. The molecule has 0 bridgehead atoms. The van der Waals surface area contributed by atoms with Crippen molar-refractivity contribution < 1.29 is 23.9 Å². The van der Waals surface area contributed by atoms with Crippen LogP contribution < -0.4 is 14.2 Å². The zero-order valence-electron chi connectivity index (χ0n) is 31.3.